The summed E-state index contributed by atoms with van der Waals surface area (Å²) in [7, 11) is 1.10. The van der Waals surface area contributed by atoms with Gasteiger partial charge in [0.2, 0.25) is 5.79 Å². The van der Waals surface area contributed by atoms with Gasteiger partial charge in [-0.05, 0) is 38.5 Å². The number of carbonyl (C=O) groups is 4. The molecule has 3 heterocycles. The van der Waals surface area contributed by atoms with Crippen LogP contribution in [0, 0.1) is 5.92 Å². The number of aliphatic hydroxyl groups is 1. The minimum Gasteiger partial charge on any atom is -0.466 e. The third kappa shape index (κ3) is 4.49. The van der Waals surface area contributed by atoms with Crippen molar-refractivity contribution in [1.82, 2.24) is 0 Å². The Labute approximate surface area is 190 Å². The second kappa shape index (κ2) is 8.95. The van der Waals surface area contributed by atoms with E-state index in [4.69, 9.17) is 23.7 Å². The number of methoxy groups -OCH3 is 1. The summed E-state index contributed by atoms with van der Waals surface area (Å²) in [5.74, 6) is -6.49. The first-order valence-corrected chi connectivity index (χ1v) is 10.2. The summed E-state index contributed by atoms with van der Waals surface area (Å²) in [6.07, 6.45) is -1.13. The van der Waals surface area contributed by atoms with Gasteiger partial charge in [0.15, 0.2) is 12.2 Å². The van der Waals surface area contributed by atoms with Crippen LogP contribution in [-0.4, -0.2) is 66.3 Å². The molecule has 3 rings (SSSR count). The summed E-state index contributed by atoms with van der Waals surface area (Å²) in [4.78, 5) is 50.0. The van der Waals surface area contributed by atoms with Crippen molar-refractivity contribution in [3.63, 3.8) is 0 Å². The van der Waals surface area contributed by atoms with Crippen molar-refractivity contribution in [3.8, 4) is 0 Å². The molecule has 0 aromatic carbocycles. The largest absolute Gasteiger partial charge is 0.466 e. The number of carbonyl (C=O) groups excluding carboxylic acids is 4. The molecule has 0 aromatic rings. The Morgan fingerprint density at radius 3 is 2.45 bits per heavy atom. The van der Waals surface area contributed by atoms with E-state index >= 15 is 0 Å². The summed E-state index contributed by atoms with van der Waals surface area (Å²) in [6, 6.07) is 0. The Morgan fingerprint density at radius 2 is 1.88 bits per heavy atom. The van der Waals surface area contributed by atoms with Crippen LogP contribution in [0.5, 0.6) is 0 Å². The Balaban J connectivity index is 2.28. The Bertz CT molecular complexity index is 1000. The fourth-order valence-corrected chi connectivity index (χ4v) is 4.12. The van der Waals surface area contributed by atoms with E-state index in [2.05, 4.69) is 6.58 Å². The highest BCUT2D eigenvalue weighted by atomic mass is 16.7. The summed E-state index contributed by atoms with van der Waals surface area (Å²) in [5, 5.41) is 11.0. The number of ether oxygens (including phenoxy) is 5. The minimum atomic E-state index is -2.10. The second-order valence-electron chi connectivity index (χ2n) is 8.06. The molecule has 10 nitrogen and oxygen atoms in total. The van der Waals surface area contributed by atoms with Gasteiger partial charge in [0.05, 0.1) is 18.6 Å². The quantitative estimate of drug-likeness (QED) is 0.279. The van der Waals surface area contributed by atoms with Crippen LogP contribution in [0.2, 0.25) is 0 Å². The smallest absolute Gasteiger partial charge is 0.337 e. The highest BCUT2D eigenvalue weighted by Gasteiger charge is 2.57. The first kappa shape index (κ1) is 24.4. The number of hydrogen-bond donors (Lipinski definition) is 1. The zero-order valence-corrected chi connectivity index (χ0v) is 18.9. The van der Waals surface area contributed by atoms with Gasteiger partial charge in [0.25, 0.3) is 0 Å². The monoisotopic (exact) mass is 462 g/mol. The molecule has 6 atom stereocenters. The van der Waals surface area contributed by atoms with Gasteiger partial charge < -0.3 is 28.8 Å². The molecule has 0 aromatic heterocycles. The van der Waals surface area contributed by atoms with Crippen LogP contribution in [-0.2, 0) is 42.9 Å². The fraction of sp³-hybridized carbons (Fsp3) is 0.478. The fourth-order valence-electron chi connectivity index (χ4n) is 4.12. The lowest BCUT2D eigenvalue weighted by molar-refractivity contribution is -0.181. The third-order valence-corrected chi connectivity index (χ3v) is 5.79. The SMILES string of the molecule is C=C1C(=O)O[C@H]2[C@H]1[C@H](OC(=O)/C(C)=C/C)[C@@H](OC(C)=O)/C(C(=O)OC)=C\[C@@]1(O)C=C(C)[C@H]2O1. The molecule has 3 aliphatic heterocycles. The molecule has 1 fully saturated rings. The van der Waals surface area contributed by atoms with Crippen LogP contribution in [0.3, 0.4) is 0 Å². The minimum absolute atomic E-state index is 0.0639. The number of fused-ring (bicyclic) bond motifs is 4. The van der Waals surface area contributed by atoms with Crippen LogP contribution < -0.4 is 0 Å². The Kier molecular flexibility index (Phi) is 6.62. The Morgan fingerprint density at radius 1 is 1.21 bits per heavy atom. The topological polar surface area (TPSA) is 135 Å². The van der Waals surface area contributed by atoms with E-state index in [1.807, 2.05) is 0 Å². The normalized spacial score (nSPS) is 35.1. The predicted molar refractivity (Wildman–Crippen MR) is 111 cm³/mol. The summed E-state index contributed by atoms with van der Waals surface area (Å²) in [6.45, 7) is 9.67. The van der Waals surface area contributed by atoms with Gasteiger partial charge in [-0.2, -0.15) is 0 Å². The van der Waals surface area contributed by atoms with Gasteiger partial charge in [0.1, 0.15) is 12.2 Å². The van der Waals surface area contributed by atoms with Crippen molar-refractivity contribution in [2.45, 2.75) is 57.9 Å². The van der Waals surface area contributed by atoms with E-state index in [0.717, 1.165) is 20.1 Å². The van der Waals surface area contributed by atoms with Crippen LogP contribution >= 0.6 is 0 Å². The van der Waals surface area contributed by atoms with Gasteiger partial charge >= 0.3 is 23.9 Å². The molecule has 178 valence electrons. The van der Waals surface area contributed by atoms with Crippen molar-refractivity contribution in [2.24, 2.45) is 5.92 Å². The lowest BCUT2D eigenvalue weighted by atomic mass is 9.81. The van der Waals surface area contributed by atoms with Crippen LogP contribution in [0.15, 0.2) is 47.1 Å². The standard InChI is InChI=1S/C23H26O10/c1-7-10(2)20(25)31-19-15-12(4)21(26)32-18(15)16-11(3)8-23(28,33-16)9-14(22(27)29-6)17(19)30-13(5)24/h7-9,15-19,28H,4H2,1-3,5-6H3/b10-7+,14-9+/t15-,16+,17-,18-,19-,23+/m0/s1. The number of allylic oxidation sites excluding steroid dienone is 1. The highest BCUT2D eigenvalue weighted by Crippen LogP contribution is 2.44. The zero-order valence-electron chi connectivity index (χ0n) is 18.9. The van der Waals surface area contributed by atoms with Crippen LogP contribution in [0.1, 0.15) is 27.7 Å². The average Bonchev–Trinajstić information content (AvgIpc) is 3.22. The molecule has 0 radical (unpaired) electrons. The maximum atomic E-state index is 12.8. The molecule has 0 saturated carbocycles. The maximum Gasteiger partial charge on any atom is 0.337 e. The molecule has 2 bridgehead atoms. The van der Waals surface area contributed by atoms with Gasteiger partial charge in [-0.15, -0.1) is 0 Å². The summed E-state index contributed by atoms with van der Waals surface area (Å²) in [5.41, 5.74) is 0.339. The molecular weight excluding hydrogens is 436 g/mol. The van der Waals surface area contributed by atoms with Gasteiger partial charge in [-0.25, -0.2) is 14.4 Å². The van der Waals surface area contributed by atoms with Crippen LogP contribution in [0.25, 0.3) is 0 Å². The molecule has 33 heavy (non-hydrogen) atoms. The van der Waals surface area contributed by atoms with E-state index in [1.165, 1.54) is 19.1 Å². The van der Waals surface area contributed by atoms with Crippen molar-refractivity contribution in [3.05, 3.63) is 47.1 Å². The van der Waals surface area contributed by atoms with E-state index in [0.29, 0.717) is 5.57 Å². The van der Waals surface area contributed by atoms with Crippen LogP contribution in [0.4, 0.5) is 0 Å². The lowest BCUT2D eigenvalue weighted by Crippen LogP contribution is -2.48. The molecule has 0 unspecified atom stereocenters. The highest BCUT2D eigenvalue weighted by molar-refractivity contribution is 5.93. The molecule has 3 aliphatic rings. The zero-order chi connectivity index (χ0) is 24.7. The molecule has 0 aliphatic carbocycles. The van der Waals surface area contributed by atoms with E-state index in [1.54, 1.807) is 13.8 Å². The van der Waals surface area contributed by atoms with Crippen molar-refractivity contribution < 1.29 is 48.0 Å². The predicted octanol–water partition coefficient (Wildman–Crippen LogP) is 1.04. The summed E-state index contributed by atoms with van der Waals surface area (Å²) < 4.78 is 27.2. The van der Waals surface area contributed by atoms with E-state index in [9.17, 15) is 24.3 Å². The number of rotatable bonds is 4. The Hall–Kier alpha value is -3.24. The molecule has 1 N–H and O–H groups in total. The first-order valence-electron chi connectivity index (χ1n) is 10.2. The van der Waals surface area contributed by atoms with Crippen molar-refractivity contribution >= 4 is 23.9 Å². The molecule has 0 amide bonds. The molecule has 1 saturated heterocycles. The van der Waals surface area contributed by atoms with E-state index in [-0.39, 0.29) is 16.7 Å². The number of esters is 4. The van der Waals surface area contributed by atoms with Gasteiger partial charge in [0, 0.05) is 18.1 Å². The molecule has 0 spiro atoms. The molecular formula is C23H26O10. The van der Waals surface area contributed by atoms with E-state index < -0.39 is 60.0 Å². The summed E-state index contributed by atoms with van der Waals surface area (Å²) >= 11 is 0. The average molecular weight is 462 g/mol. The molecule has 10 heteroatoms. The van der Waals surface area contributed by atoms with Crippen molar-refractivity contribution in [2.75, 3.05) is 7.11 Å². The second-order valence-corrected chi connectivity index (χ2v) is 8.06. The van der Waals surface area contributed by atoms with Crippen molar-refractivity contribution in [1.29, 1.82) is 0 Å². The number of hydrogen-bond acceptors (Lipinski definition) is 10. The third-order valence-electron chi connectivity index (χ3n) is 5.79. The van der Waals surface area contributed by atoms with Gasteiger partial charge in [-0.1, -0.05) is 12.7 Å². The first-order chi connectivity index (χ1) is 15.4. The maximum absolute atomic E-state index is 12.8. The van der Waals surface area contributed by atoms with Gasteiger partial charge in [-0.3, -0.25) is 4.79 Å². The lowest BCUT2D eigenvalue weighted by Gasteiger charge is -2.34.